The third-order valence-electron chi connectivity index (χ3n) is 3.73. The van der Waals surface area contributed by atoms with Crippen molar-refractivity contribution in [3.63, 3.8) is 0 Å². The fourth-order valence-electron chi connectivity index (χ4n) is 2.68. The maximum atomic E-state index is 11.7. The van der Waals surface area contributed by atoms with Gasteiger partial charge in [-0.15, -0.1) is 0 Å². The molecule has 0 aromatic heterocycles. The maximum absolute atomic E-state index is 11.7. The van der Waals surface area contributed by atoms with E-state index in [0.29, 0.717) is 24.7 Å². The van der Waals surface area contributed by atoms with Gasteiger partial charge in [-0.05, 0) is 31.1 Å². The Morgan fingerprint density at radius 1 is 1.29 bits per heavy atom. The summed E-state index contributed by atoms with van der Waals surface area (Å²) in [6, 6.07) is -0.0126. The number of aliphatic hydroxyl groups excluding tert-OH is 1. The normalized spacial score (nSPS) is 21.5. The number of carbonyl (C=O) groups excluding carboxylic acids is 1. The Kier molecular flexibility index (Phi) is 6.14. The van der Waals surface area contributed by atoms with Crippen molar-refractivity contribution in [1.82, 2.24) is 0 Å². The van der Waals surface area contributed by atoms with Crippen LogP contribution in [0, 0.1) is 11.8 Å². The lowest BCUT2D eigenvalue weighted by atomic mass is 9.81. The summed E-state index contributed by atoms with van der Waals surface area (Å²) in [7, 11) is 0. The summed E-state index contributed by atoms with van der Waals surface area (Å²) in [4.78, 5) is 11.7. The second-order valence-corrected chi connectivity index (χ2v) is 5.88. The Bertz CT molecular complexity index is 234. The van der Waals surface area contributed by atoms with Crippen LogP contribution in [0.25, 0.3) is 0 Å². The average molecular weight is 241 g/mol. The van der Waals surface area contributed by atoms with E-state index in [-0.39, 0.29) is 11.8 Å². The van der Waals surface area contributed by atoms with Crippen molar-refractivity contribution in [3.05, 3.63) is 0 Å². The van der Waals surface area contributed by atoms with Gasteiger partial charge in [0.25, 0.3) is 0 Å². The van der Waals surface area contributed by atoms with E-state index in [4.69, 9.17) is 5.73 Å². The molecule has 1 aliphatic rings. The molecule has 0 aliphatic heterocycles. The molecule has 100 valence electrons. The minimum atomic E-state index is -0.852. The van der Waals surface area contributed by atoms with E-state index in [9.17, 15) is 9.90 Å². The van der Waals surface area contributed by atoms with E-state index >= 15 is 0 Å². The summed E-state index contributed by atoms with van der Waals surface area (Å²) in [5, 5.41) is 9.84. The molecule has 17 heavy (non-hydrogen) atoms. The van der Waals surface area contributed by atoms with Crippen molar-refractivity contribution in [2.45, 2.75) is 70.9 Å². The zero-order valence-electron chi connectivity index (χ0n) is 11.2. The fourth-order valence-corrected chi connectivity index (χ4v) is 2.68. The van der Waals surface area contributed by atoms with E-state index < -0.39 is 6.10 Å². The molecule has 0 amide bonds. The Labute approximate surface area is 105 Å². The Hall–Kier alpha value is -0.410. The van der Waals surface area contributed by atoms with Crippen LogP contribution in [0.15, 0.2) is 0 Å². The summed E-state index contributed by atoms with van der Waals surface area (Å²) in [5.41, 5.74) is 6.11. The summed E-state index contributed by atoms with van der Waals surface area (Å²) in [6.07, 6.45) is 6.16. The minimum Gasteiger partial charge on any atom is -0.385 e. The van der Waals surface area contributed by atoms with E-state index in [1.807, 2.05) is 13.8 Å². The van der Waals surface area contributed by atoms with Gasteiger partial charge in [0.1, 0.15) is 6.10 Å². The van der Waals surface area contributed by atoms with Crippen LogP contribution in [0.5, 0.6) is 0 Å². The number of nitrogens with two attached hydrogens (primary N) is 1. The van der Waals surface area contributed by atoms with Crippen LogP contribution >= 0.6 is 0 Å². The van der Waals surface area contributed by atoms with E-state index in [1.54, 1.807) is 0 Å². The molecule has 0 aromatic rings. The largest absolute Gasteiger partial charge is 0.385 e. The van der Waals surface area contributed by atoms with Crippen LogP contribution < -0.4 is 5.73 Å². The zero-order chi connectivity index (χ0) is 12.8. The third kappa shape index (κ3) is 5.17. The number of ketones is 1. The lowest BCUT2D eigenvalue weighted by molar-refractivity contribution is -0.128. The smallest absolute Gasteiger partial charge is 0.161 e. The predicted octanol–water partition coefficient (Wildman–Crippen LogP) is 2.26. The number of aliphatic hydroxyl groups is 1. The first kappa shape index (κ1) is 14.7. The highest BCUT2D eigenvalue weighted by Crippen LogP contribution is 2.27. The lowest BCUT2D eigenvalue weighted by Gasteiger charge is -2.28. The summed E-state index contributed by atoms with van der Waals surface area (Å²) < 4.78 is 0. The van der Waals surface area contributed by atoms with Crippen molar-refractivity contribution < 1.29 is 9.90 Å². The second kappa shape index (κ2) is 7.12. The second-order valence-electron chi connectivity index (χ2n) is 5.88. The molecular formula is C14H27NO2. The Balaban J connectivity index is 2.33. The highest BCUT2D eigenvalue weighted by Gasteiger charge is 2.25. The molecule has 0 bridgehead atoms. The molecule has 0 unspecified atom stereocenters. The van der Waals surface area contributed by atoms with Gasteiger partial charge in [0.15, 0.2) is 5.78 Å². The van der Waals surface area contributed by atoms with Crippen LogP contribution in [0.1, 0.15) is 58.8 Å². The first-order valence-electron chi connectivity index (χ1n) is 6.97. The molecule has 3 nitrogen and oxygen atoms in total. The molecule has 1 fully saturated rings. The van der Waals surface area contributed by atoms with Crippen molar-refractivity contribution >= 4 is 5.78 Å². The molecule has 0 aromatic carbocycles. The van der Waals surface area contributed by atoms with Gasteiger partial charge in [-0.2, -0.15) is 0 Å². The first-order valence-corrected chi connectivity index (χ1v) is 6.97. The van der Waals surface area contributed by atoms with Gasteiger partial charge < -0.3 is 10.8 Å². The monoisotopic (exact) mass is 241 g/mol. The maximum Gasteiger partial charge on any atom is 0.161 e. The molecule has 0 heterocycles. The topological polar surface area (TPSA) is 63.3 Å². The molecular weight excluding hydrogens is 214 g/mol. The Morgan fingerprint density at radius 2 is 1.88 bits per heavy atom. The van der Waals surface area contributed by atoms with Crippen LogP contribution in [-0.4, -0.2) is 23.0 Å². The van der Waals surface area contributed by atoms with Crippen molar-refractivity contribution in [2.75, 3.05) is 0 Å². The molecule has 1 saturated carbocycles. The molecule has 1 aliphatic carbocycles. The molecule has 0 saturated heterocycles. The summed E-state index contributed by atoms with van der Waals surface area (Å²) >= 11 is 0. The quantitative estimate of drug-likeness (QED) is 0.749. The van der Waals surface area contributed by atoms with Crippen molar-refractivity contribution in [1.29, 1.82) is 0 Å². The number of Topliss-reactive ketones (excluding diaryl/α,β-unsaturated/α-hetero) is 1. The third-order valence-corrected chi connectivity index (χ3v) is 3.73. The standard InChI is InChI=1S/C14H27NO2/c1-10(2)8-13(16)14(17)9-12(15)11-6-4-3-5-7-11/h10-12,14,17H,3-9,15H2,1-2H3/t12-,14-/m0/s1. The molecule has 0 spiro atoms. The molecule has 0 radical (unpaired) electrons. The van der Waals surface area contributed by atoms with Gasteiger partial charge in [0.05, 0.1) is 0 Å². The van der Waals surface area contributed by atoms with Crippen molar-refractivity contribution in [2.24, 2.45) is 17.6 Å². The van der Waals surface area contributed by atoms with Gasteiger partial charge in [-0.1, -0.05) is 33.1 Å². The fraction of sp³-hybridized carbons (Fsp3) is 0.929. The number of carbonyl (C=O) groups is 1. The molecule has 3 heteroatoms. The van der Waals surface area contributed by atoms with E-state index in [2.05, 4.69) is 0 Å². The van der Waals surface area contributed by atoms with Crippen LogP contribution in [0.2, 0.25) is 0 Å². The first-order chi connectivity index (χ1) is 8.00. The predicted molar refractivity (Wildman–Crippen MR) is 69.6 cm³/mol. The molecule has 3 N–H and O–H groups in total. The molecule has 2 atom stereocenters. The zero-order valence-corrected chi connectivity index (χ0v) is 11.2. The SMILES string of the molecule is CC(C)CC(=O)[C@@H](O)C[C@H](N)C1CCCCC1. The minimum absolute atomic E-state index is 0.0126. The van der Waals surface area contributed by atoms with Gasteiger partial charge in [-0.3, -0.25) is 4.79 Å². The van der Waals surface area contributed by atoms with Gasteiger partial charge >= 0.3 is 0 Å². The van der Waals surface area contributed by atoms with Crippen LogP contribution in [0.3, 0.4) is 0 Å². The van der Waals surface area contributed by atoms with Crippen LogP contribution in [-0.2, 0) is 4.79 Å². The van der Waals surface area contributed by atoms with E-state index in [0.717, 1.165) is 12.8 Å². The van der Waals surface area contributed by atoms with Gasteiger partial charge in [0, 0.05) is 12.5 Å². The van der Waals surface area contributed by atoms with Crippen LogP contribution in [0.4, 0.5) is 0 Å². The number of hydrogen-bond acceptors (Lipinski definition) is 3. The summed E-state index contributed by atoms with van der Waals surface area (Å²) in [6.45, 7) is 3.98. The summed E-state index contributed by atoms with van der Waals surface area (Å²) in [5.74, 6) is 0.763. The number of rotatable bonds is 6. The lowest BCUT2D eigenvalue weighted by Crippen LogP contribution is -2.37. The Morgan fingerprint density at radius 3 is 2.41 bits per heavy atom. The van der Waals surface area contributed by atoms with Gasteiger partial charge in [0.2, 0.25) is 0 Å². The van der Waals surface area contributed by atoms with Crippen molar-refractivity contribution in [3.8, 4) is 0 Å². The van der Waals surface area contributed by atoms with E-state index in [1.165, 1.54) is 19.3 Å². The molecule has 1 rings (SSSR count). The highest BCUT2D eigenvalue weighted by molar-refractivity contribution is 5.82. The average Bonchev–Trinajstić information content (AvgIpc) is 2.29. The number of hydrogen-bond donors (Lipinski definition) is 2. The van der Waals surface area contributed by atoms with Gasteiger partial charge in [-0.25, -0.2) is 0 Å². The highest BCUT2D eigenvalue weighted by atomic mass is 16.3.